The van der Waals surface area contributed by atoms with Crippen LogP contribution in [0.4, 0.5) is 0 Å². The van der Waals surface area contributed by atoms with E-state index in [1.54, 1.807) is 18.2 Å². The number of hydrogen-bond donors (Lipinski definition) is 1. The minimum absolute atomic E-state index is 0.0944. The van der Waals surface area contributed by atoms with E-state index >= 15 is 0 Å². The first kappa shape index (κ1) is 14.3. The summed E-state index contributed by atoms with van der Waals surface area (Å²) in [5, 5.41) is 10.5. The number of ketones is 1. The van der Waals surface area contributed by atoms with Gasteiger partial charge in [-0.05, 0) is 24.0 Å². The SMILES string of the molecule is Cc1cc(C(=O)c2ccccc2)c(O)c(C(C)(C)C)c1. The first-order chi connectivity index (χ1) is 9.30. The van der Waals surface area contributed by atoms with Crippen molar-refractivity contribution in [2.75, 3.05) is 0 Å². The van der Waals surface area contributed by atoms with E-state index in [-0.39, 0.29) is 16.9 Å². The van der Waals surface area contributed by atoms with Crippen molar-refractivity contribution in [3.8, 4) is 5.75 Å². The van der Waals surface area contributed by atoms with Crippen molar-refractivity contribution in [1.82, 2.24) is 0 Å². The third kappa shape index (κ3) is 2.74. The van der Waals surface area contributed by atoms with Gasteiger partial charge >= 0.3 is 0 Å². The molecule has 0 aliphatic rings. The van der Waals surface area contributed by atoms with Crippen LogP contribution in [-0.2, 0) is 5.41 Å². The molecular formula is C18H20O2. The van der Waals surface area contributed by atoms with E-state index in [1.165, 1.54) is 0 Å². The largest absolute Gasteiger partial charge is 0.507 e. The Labute approximate surface area is 120 Å². The van der Waals surface area contributed by atoms with E-state index in [1.807, 2.05) is 52.0 Å². The van der Waals surface area contributed by atoms with Gasteiger partial charge in [0.05, 0.1) is 5.56 Å². The molecule has 0 radical (unpaired) electrons. The Morgan fingerprint density at radius 3 is 2.20 bits per heavy atom. The van der Waals surface area contributed by atoms with Gasteiger partial charge in [0.15, 0.2) is 5.78 Å². The van der Waals surface area contributed by atoms with Gasteiger partial charge in [-0.15, -0.1) is 0 Å². The summed E-state index contributed by atoms with van der Waals surface area (Å²) in [6.45, 7) is 8.02. The van der Waals surface area contributed by atoms with E-state index in [2.05, 4.69) is 0 Å². The number of carbonyl (C=O) groups excluding carboxylic acids is 1. The Kier molecular flexibility index (Phi) is 3.67. The highest BCUT2D eigenvalue weighted by atomic mass is 16.3. The van der Waals surface area contributed by atoms with Gasteiger partial charge in [-0.3, -0.25) is 4.79 Å². The van der Waals surface area contributed by atoms with Crippen molar-refractivity contribution in [3.05, 3.63) is 64.7 Å². The van der Waals surface area contributed by atoms with Gasteiger partial charge in [-0.1, -0.05) is 57.2 Å². The van der Waals surface area contributed by atoms with Crippen LogP contribution in [0.1, 0.15) is 47.8 Å². The van der Waals surface area contributed by atoms with Gasteiger partial charge < -0.3 is 5.11 Å². The minimum atomic E-state index is -0.207. The molecule has 0 amide bonds. The lowest BCUT2D eigenvalue weighted by Crippen LogP contribution is -2.14. The molecule has 0 heterocycles. The standard InChI is InChI=1S/C18H20O2/c1-12-10-14(16(19)13-8-6-5-7-9-13)17(20)15(11-12)18(2,3)4/h5-11,20H,1-4H3. The predicted molar refractivity (Wildman–Crippen MR) is 81.4 cm³/mol. The van der Waals surface area contributed by atoms with Gasteiger partial charge in [0.1, 0.15) is 5.75 Å². The zero-order valence-electron chi connectivity index (χ0n) is 12.4. The van der Waals surface area contributed by atoms with Crippen LogP contribution < -0.4 is 0 Å². The first-order valence-electron chi connectivity index (χ1n) is 6.74. The minimum Gasteiger partial charge on any atom is -0.507 e. The number of aromatic hydroxyl groups is 1. The Bertz CT molecular complexity index is 634. The first-order valence-corrected chi connectivity index (χ1v) is 6.74. The van der Waals surface area contributed by atoms with Gasteiger partial charge in [0.25, 0.3) is 0 Å². The number of aryl methyl sites for hydroxylation is 1. The highest BCUT2D eigenvalue weighted by Crippen LogP contribution is 2.35. The maximum atomic E-state index is 12.5. The van der Waals surface area contributed by atoms with Crippen LogP contribution in [-0.4, -0.2) is 10.9 Å². The van der Waals surface area contributed by atoms with E-state index < -0.39 is 0 Å². The molecule has 0 saturated carbocycles. The second-order valence-electron chi connectivity index (χ2n) is 6.15. The molecule has 104 valence electrons. The number of phenols is 1. The molecule has 0 unspecified atom stereocenters. The van der Waals surface area contributed by atoms with E-state index in [9.17, 15) is 9.90 Å². The normalized spacial score (nSPS) is 11.4. The average Bonchev–Trinajstić information content (AvgIpc) is 2.40. The maximum Gasteiger partial charge on any atom is 0.196 e. The maximum absolute atomic E-state index is 12.5. The van der Waals surface area contributed by atoms with E-state index in [0.29, 0.717) is 11.1 Å². The van der Waals surface area contributed by atoms with E-state index in [4.69, 9.17) is 0 Å². The lowest BCUT2D eigenvalue weighted by atomic mass is 9.83. The average molecular weight is 268 g/mol. The summed E-state index contributed by atoms with van der Waals surface area (Å²) in [7, 11) is 0. The summed E-state index contributed by atoms with van der Waals surface area (Å²) >= 11 is 0. The summed E-state index contributed by atoms with van der Waals surface area (Å²) in [4.78, 5) is 12.5. The van der Waals surface area contributed by atoms with Crippen molar-refractivity contribution in [3.63, 3.8) is 0 Å². The molecule has 0 aliphatic heterocycles. The van der Waals surface area contributed by atoms with Crippen LogP contribution in [0.5, 0.6) is 5.75 Å². The zero-order valence-corrected chi connectivity index (χ0v) is 12.4. The summed E-state index contributed by atoms with van der Waals surface area (Å²) in [5.41, 5.74) is 2.54. The van der Waals surface area contributed by atoms with Crippen molar-refractivity contribution in [2.24, 2.45) is 0 Å². The highest BCUT2D eigenvalue weighted by Gasteiger charge is 2.23. The molecule has 0 atom stereocenters. The Hall–Kier alpha value is -2.09. The lowest BCUT2D eigenvalue weighted by Gasteiger charge is -2.22. The third-order valence-electron chi connectivity index (χ3n) is 3.34. The quantitative estimate of drug-likeness (QED) is 0.828. The number of rotatable bonds is 2. The molecule has 0 spiro atoms. The zero-order chi connectivity index (χ0) is 14.9. The summed E-state index contributed by atoms with van der Waals surface area (Å²) in [6, 6.07) is 12.7. The van der Waals surface area contributed by atoms with Crippen LogP contribution in [0.2, 0.25) is 0 Å². The summed E-state index contributed by atoms with van der Waals surface area (Å²) < 4.78 is 0. The van der Waals surface area contributed by atoms with Crippen LogP contribution in [0.3, 0.4) is 0 Å². The molecule has 2 rings (SSSR count). The topological polar surface area (TPSA) is 37.3 Å². The summed E-state index contributed by atoms with van der Waals surface area (Å²) in [6.07, 6.45) is 0. The molecule has 0 aliphatic carbocycles. The molecule has 2 aromatic carbocycles. The van der Waals surface area contributed by atoms with Crippen molar-refractivity contribution >= 4 is 5.78 Å². The molecule has 2 aromatic rings. The monoisotopic (exact) mass is 268 g/mol. The third-order valence-corrected chi connectivity index (χ3v) is 3.34. The Morgan fingerprint density at radius 2 is 1.65 bits per heavy atom. The fourth-order valence-corrected chi connectivity index (χ4v) is 2.27. The molecule has 0 saturated heterocycles. The van der Waals surface area contributed by atoms with Gasteiger partial charge in [0.2, 0.25) is 0 Å². The van der Waals surface area contributed by atoms with Crippen LogP contribution >= 0.6 is 0 Å². The second-order valence-corrected chi connectivity index (χ2v) is 6.15. The Morgan fingerprint density at radius 1 is 1.05 bits per heavy atom. The van der Waals surface area contributed by atoms with Crippen molar-refractivity contribution in [2.45, 2.75) is 33.1 Å². The lowest BCUT2D eigenvalue weighted by molar-refractivity contribution is 0.103. The molecule has 2 nitrogen and oxygen atoms in total. The van der Waals surface area contributed by atoms with Gasteiger partial charge in [0, 0.05) is 11.1 Å². The van der Waals surface area contributed by atoms with Crippen LogP contribution in [0.15, 0.2) is 42.5 Å². The molecule has 1 N–H and O–H groups in total. The fourth-order valence-electron chi connectivity index (χ4n) is 2.27. The van der Waals surface area contributed by atoms with Gasteiger partial charge in [-0.2, -0.15) is 0 Å². The van der Waals surface area contributed by atoms with Crippen LogP contribution in [0.25, 0.3) is 0 Å². The number of hydrogen-bond acceptors (Lipinski definition) is 2. The molecule has 20 heavy (non-hydrogen) atoms. The number of carbonyl (C=O) groups is 1. The molecular weight excluding hydrogens is 248 g/mol. The smallest absolute Gasteiger partial charge is 0.196 e. The summed E-state index contributed by atoms with van der Waals surface area (Å²) in [5.74, 6) is -0.0470. The highest BCUT2D eigenvalue weighted by molar-refractivity contribution is 6.11. The van der Waals surface area contributed by atoms with Crippen LogP contribution in [0, 0.1) is 6.92 Å². The molecule has 2 heteroatoms. The molecule has 0 fully saturated rings. The van der Waals surface area contributed by atoms with Gasteiger partial charge in [-0.25, -0.2) is 0 Å². The molecule has 0 aromatic heterocycles. The number of benzene rings is 2. The predicted octanol–water partition coefficient (Wildman–Crippen LogP) is 4.23. The van der Waals surface area contributed by atoms with E-state index in [0.717, 1.165) is 11.1 Å². The number of phenolic OH excluding ortho intramolecular Hbond substituents is 1. The molecule has 0 bridgehead atoms. The Balaban J connectivity index is 2.58. The van der Waals surface area contributed by atoms with Crippen molar-refractivity contribution < 1.29 is 9.90 Å². The van der Waals surface area contributed by atoms with Crippen molar-refractivity contribution in [1.29, 1.82) is 0 Å². The fraction of sp³-hybridized carbons (Fsp3) is 0.278. The second kappa shape index (κ2) is 5.12.